The predicted octanol–water partition coefficient (Wildman–Crippen LogP) is 3.46. The number of anilines is 1. The molecule has 0 aliphatic heterocycles. The largest absolute Gasteiger partial charge is 0.365 e. The highest BCUT2D eigenvalue weighted by molar-refractivity contribution is 5.91. The van der Waals surface area contributed by atoms with Crippen LogP contribution in [0.2, 0.25) is 0 Å². The Hall–Kier alpha value is -3.02. The van der Waals surface area contributed by atoms with E-state index in [1.165, 1.54) is 18.5 Å². The quantitative estimate of drug-likeness (QED) is 0.588. The number of hydrogen-bond donors (Lipinski definition) is 1. The first-order valence-corrected chi connectivity index (χ1v) is 6.82. The molecule has 0 fully saturated rings. The highest BCUT2D eigenvalue weighted by Crippen LogP contribution is 2.23. The summed E-state index contributed by atoms with van der Waals surface area (Å²) in [6, 6.07) is 12.4. The van der Waals surface area contributed by atoms with Crippen molar-refractivity contribution in [2.45, 2.75) is 13.5 Å². The topological polar surface area (TPSA) is 81.0 Å². The molecule has 0 radical (unpaired) electrons. The minimum atomic E-state index is -0.404. The van der Waals surface area contributed by atoms with Gasteiger partial charge in [0.05, 0.1) is 10.4 Å². The number of aryl methyl sites for hydroxylation is 1. The maximum atomic E-state index is 10.6. The SMILES string of the molecule is Cc1cccc2ncnc(NCc3ccc([N+](=O)[O-])cc3)c12. The summed E-state index contributed by atoms with van der Waals surface area (Å²) in [6.45, 7) is 2.56. The molecule has 1 heterocycles. The van der Waals surface area contributed by atoms with Crippen molar-refractivity contribution >= 4 is 22.4 Å². The lowest BCUT2D eigenvalue weighted by molar-refractivity contribution is -0.384. The van der Waals surface area contributed by atoms with Gasteiger partial charge in [0, 0.05) is 24.1 Å². The summed E-state index contributed by atoms with van der Waals surface area (Å²) < 4.78 is 0. The second-order valence-corrected chi connectivity index (χ2v) is 4.97. The molecule has 0 bridgehead atoms. The molecule has 0 atom stereocenters. The smallest absolute Gasteiger partial charge is 0.269 e. The van der Waals surface area contributed by atoms with Gasteiger partial charge < -0.3 is 5.32 Å². The van der Waals surface area contributed by atoms with E-state index in [9.17, 15) is 10.1 Å². The van der Waals surface area contributed by atoms with Gasteiger partial charge in [0.1, 0.15) is 12.1 Å². The molecule has 0 saturated carbocycles. The maximum absolute atomic E-state index is 10.6. The molecular formula is C16H14N4O2. The molecule has 2 aromatic carbocycles. The van der Waals surface area contributed by atoms with Gasteiger partial charge in [-0.2, -0.15) is 0 Å². The van der Waals surface area contributed by atoms with Gasteiger partial charge >= 0.3 is 0 Å². The van der Waals surface area contributed by atoms with Crippen LogP contribution in [0.15, 0.2) is 48.8 Å². The monoisotopic (exact) mass is 294 g/mol. The van der Waals surface area contributed by atoms with E-state index < -0.39 is 4.92 Å². The second kappa shape index (κ2) is 5.77. The van der Waals surface area contributed by atoms with Crippen molar-refractivity contribution in [1.82, 2.24) is 9.97 Å². The molecule has 0 amide bonds. The Kier molecular flexibility index (Phi) is 3.65. The van der Waals surface area contributed by atoms with E-state index in [1.54, 1.807) is 12.1 Å². The van der Waals surface area contributed by atoms with Crippen LogP contribution in [-0.2, 0) is 6.54 Å². The molecule has 1 aromatic heterocycles. The van der Waals surface area contributed by atoms with Crippen LogP contribution in [0.25, 0.3) is 10.9 Å². The average Bonchev–Trinajstić information content (AvgIpc) is 2.53. The molecule has 22 heavy (non-hydrogen) atoms. The lowest BCUT2D eigenvalue weighted by Gasteiger charge is -2.10. The Labute approximate surface area is 127 Å². The Morgan fingerprint density at radius 1 is 1.14 bits per heavy atom. The summed E-state index contributed by atoms with van der Waals surface area (Å²) >= 11 is 0. The number of nitro groups is 1. The fraction of sp³-hybridized carbons (Fsp3) is 0.125. The number of nitro benzene ring substituents is 1. The molecule has 6 heteroatoms. The number of nitrogens with zero attached hydrogens (tertiary/aromatic N) is 3. The molecule has 0 aliphatic carbocycles. The van der Waals surface area contributed by atoms with Crippen molar-refractivity contribution in [3.63, 3.8) is 0 Å². The van der Waals surface area contributed by atoms with E-state index in [0.717, 1.165) is 27.8 Å². The molecule has 0 unspecified atom stereocenters. The van der Waals surface area contributed by atoms with Gasteiger partial charge in [-0.25, -0.2) is 9.97 Å². The van der Waals surface area contributed by atoms with Crippen LogP contribution < -0.4 is 5.32 Å². The van der Waals surface area contributed by atoms with Crippen LogP contribution in [0.1, 0.15) is 11.1 Å². The molecule has 1 N–H and O–H groups in total. The van der Waals surface area contributed by atoms with E-state index in [0.29, 0.717) is 6.54 Å². The molecule has 110 valence electrons. The second-order valence-electron chi connectivity index (χ2n) is 4.97. The third-order valence-electron chi connectivity index (χ3n) is 3.48. The summed E-state index contributed by atoms with van der Waals surface area (Å²) in [5.74, 6) is 0.765. The first-order chi connectivity index (χ1) is 10.6. The summed E-state index contributed by atoms with van der Waals surface area (Å²) in [4.78, 5) is 18.8. The van der Waals surface area contributed by atoms with Gasteiger partial charge in [-0.3, -0.25) is 10.1 Å². The fourth-order valence-corrected chi connectivity index (χ4v) is 2.34. The zero-order chi connectivity index (χ0) is 15.5. The lowest BCUT2D eigenvalue weighted by atomic mass is 10.1. The van der Waals surface area contributed by atoms with Gasteiger partial charge in [-0.15, -0.1) is 0 Å². The molecule has 0 aliphatic rings. The zero-order valence-corrected chi connectivity index (χ0v) is 12.0. The standard InChI is InChI=1S/C16H14N4O2/c1-11-3-2-4-14-15(11)16(19-10-18-14)17-9-12-5-7-13(8-6-12)20(21)22/h2-8,10H,9H2,1H3,(H,17,18,19). The normalized spacial score (nSPS) is 10.6. The van der Waals surface area contributed by atoms with Crippen LogP contribution in [-0.4, -0.2) is 14.9 Å². The predicted molar refractivity (Wildman–Crippen MR) is 84.7 cm³/mol. The summed E-state index contributed by atoms with van der Waals surface area (Å²) in [5, 5.41) is 14.9. The highest BCUT2D eigenvalue weighted by Gasteiger charge is 2.07. The summed E-state index contributed by atoms with van der Waals surface area (Å²) in [7, 11) is 0. The Morgan fingerprint density at radius 3 is 2.64 bits per heavy atom. The van der Waals surface area contributed by atoms with Crippen LogP contribution in [0.3, 0.4) is 0 Å². The minimum Gasteiger partial charge on any atom is -0.365 e. The van der Waals surface area contributed by atoms with Gasteiger partial charge in [0.25, 0.3) is 5.69 Å². The number of fused-ring (bicyclic) bond motifs is 1. The van der Waals surface area contributed by atoms with Gasteiger partial charge in [0.15, 0.2) is 0 Å². The van der Waals surface area contributed by atoms with Gasteiger partial charge in [-0.05, 0) is 24.1 Å². The van der Waals surface area contributed by atoms with E-state index in [4.69, 9.17) is 0 Å². The third-order valence-corrected chi connectivity index (χ3v) is 3.48. The van der Waals surface area contributed by atoms with Crippen molar-refractivity contribution < 1.29 is 4.92 Å². The number of aromatic nitrogens is 2. The van der Waals surface area contributed by atoms with E-state index in [2.05, 4.69) is 15.3 Å². The maximum Gasteiger partial charge on any atom is 0.269 e. The zero-order valence-electron chi connectivity index (χ0n) is 12.0. The van der Waals surface area contributed by atoms with Crippen molar-refractivity contribution in [2.24, 2.45) is 0 Å². The first-order valence-electron chi connectivity index (χ1n) is 6.82. The fourth-order valence-electron chi connectivity index (χ4n) is 2.34. The van der Waals surface area contributed by atoms with Gasteiger partial charge in [-0.1, -0.05) is 24.3 Å². The minimum absolute atomic E-state index is 0.0899. The van der Waals surface area contributed by atoms with Crippen LogP contribution in [0, 0.1) is 17.0 Å². The number of benzene rings is 2. The molecule has 3 rings (SSSR count). The van der Waals surface area contributed by atoms with Crippen molar-refractivity contribution in [3.05, 3.63) is 70.0 Å². The average molecular weight is 294 g/mol. The lowest BCUT2D eigenvalue weighted by Crippen LogP contribution is -2.03. The van der Waals surface area contributed by atoms with E-state index in [-0.39, 0.29) is 5.69 Å². The molecular weight excluding hydrogens is 280 g/mol. The van der Waals surface area contributed by atoms with Gasteiger partial charge in [0.2, 0.25) is 0 Å². The molecule has 6 nitrogen and oxygen atoms in total. The Balaban J connectivity index is 1.83. The van der Waals surface area contributed by atoms with Crippen molar-refractivity contribution in [2.75, 3.05) is 5.32 Å². The first kappa shape index (κ1) is 13.9. The van der Waals surface area contributed by atoms with Crippen LogP contribution in [0.4, 0.5) is 11.5 Å². The molecule has 3 aromatic rings. The number of non-ortho nitro benzene ring substituents is 1. The Morgan fingerprint density at radius 2 is 1.91 bits per heavy atom. The summed E-state index contributed by atoms with van der Waals surface area (Å²) in [6.07, 6.45) is 1.53. The molecule has 0 spiro atoms. The van der Waals surface area contributed by atoms with Crippen molar-refractivity contribution in [3.8, 4) is 0 Å². The number of hydrogen-bond acceptors (Lipinski definition) is 5. The van der Waals surface area contributed by atoms with Crippen molar-refractivity contribution in [1.29, 1.82) is 0 Å². The third kappa shape index (κ3) is 2.71. The summed E-state index contributed by atoms with van der Waals surface area (Å²) in [5.41, 5.74) is 3.03. The number of rotatable bonds is 4. The highest BCUT2D eigenvalue weighted by atomic mass is 16.6. The van der Waals surface area contributed by atoms with E-state index >= 15 is 0 Å². The number of nitrogens with one attached hydrogen (secondary N) is 1. The van der Waals surface area contributed by atoms with E-state index in [1.807, 2.05) is 25.1 Å². The van der Waals surface area contributed by atoms with Crippen LogP contribution in [0.5, 0.6) is 0 Å². The van der Waals surface area contributed by atoms with Crippen LogP contribution >= 0.6 is 0 Å². The molecule has 0 saturated heterocycles. The Bertz CT molecular complexity index is 826.